The molecule has 0 aromatic carbocycles. The summed E-state index contributed by atoms with van der Waals surface area (Å²) in [7, 11) is 1.86. The molecule has 0 bridgehead atoms. The summed E-state index contributed by atoms with van der Waals surface area (Å²) in [5, 5.41) is 3.77. The van der Waals surface area contributed by atoms with Crippen molar-refractivity contribution in [1.82, 2.24) is 5.32 Å². The number of ether oxygens (including phenoxy) is 1. The molecule has 0 radical (unpaired) electrons. The van der Waals surface area contributed by atoms with Crippen molar-refractivity contribution in [3.8, 4) is 0 Å². The third-order valence-electron chi connectivity index (χ3n) is 3.38. The van der Waals surface area contributed by atoms with E-state index in [0.29, 0.717) is 12.1 Å². The molecule has 2 fully saturated rings. The van der Waals surface area contributed by atoms with E-state index >= 15 is 0 Å². The Bertz CT molecular complexity index is 171. The molecule has 1 saturated heterocycles. The highest BCUT2D eigenvalue weighted by atomic mass is 32.2. The van der Waals surface area contributed by atoms with Gasteiger partial charge in [0, 0.05) is 24.9 Å². The minimum atomic E-state index is 0.467. The molecule has 0 unspecified atom stereocenters. The summed E-state index contributed by atoms with van der Waals surface area (Å²) >= 11 is 2.08. The van der Waals surface area contributed by atoms with Crippen molar-refractivity contribution < 1.29 is 4.74 Å². The minimum Gasteiger partial charge on any atom is -0.380 e. The molecule has 0 spiro atoms. The highest BCUT2D eigenvalue weighted by molar-refractivity contribution is 7.99. The lowest BCUT2D eigenvalue weighted by Crippen LogP contribution is -2.47. The third-order valence-corrected chi connectivity index (χ3v) is 4.55. The Kier molecular flexibility index (Phi) is 4.14. The number of methoxy groups -OCH3 is 1. The predicted molar refractivity (Wildman–Crippen MR) is 61.9 cm³/mol. The first-order valence-electron chi connectivity index (χ1n) is 5.76. The molecule has 1 heterocycles. The average Bonchev–Trinajstić information content (AvgIpc) is 2.71. The first-order valence-corrected chi connectivity index (χ1v) is 6.92. The molecule has 3 heteroatoms. The van der Waals surface area contributed by atoms with E-state index in [4.69, 9.17) is 4.74 Å². The smallest absolute Gasteiger partial charge is 0.0724 e. The minimum absolute atomic E-state index is 0.467. The van der Waals surface area contributed by atoms with Crippen molar-refractivity contribution in [2.24, 2.45) is 0 Å². The van der Waals surface area contributed by atoms with Crippen LogP contribution >= 0.6 is 11.8 Å². The molecule has 14 heavy (non-hydrogen) atoms. The van der Waals surface area contributed by atoms with E-state index in [-0.39, 0.29) is 0 Å². The summed E-state index contributed by atoms with van der Waals surface area (Å²) in [5.41, 5.74) is 0. The second-order valence-corrected chi connectivity index (χ2v) is 5.54. The summed E-state index contributed by atoms with van der Waals surface area (Å²) in [5.74, 6) is 2.63. The molecule has 1 aliphatic heterocycles. The van der Waals surface area contributed by atoms with E-state index in [0.717, 1.165) is 6.04 Å². The van der Waals surface area contributed by atoms with Crippen molar-refractivity contribution in [2.45, 2.75) is 50.3 Å². The summed E-state index contributed by atoms with van der Waals surface area (Å²) in [6, 6.07) is 1.37. The Hall–Kier alpha value is 0.270. The van der Waals surface area contributed by atoms with Crippen LogP contribution in [0.3, 0.4) is 0 Å². The number of hydrogen-bond donors (Lipinski definition) is 1. The number of hydrogen-bond acceptors (Lipinski definition) is 3. The topological polar surface area (TPSA) is 21.3 Å². The maximum absolute atomic E-state index is 5.54. The van der Waals surface area contributed by atoms with Crippen LogP contribution in [0.2, 0.25) is 0 Å². The highest BCUT2D eigenvalue weighted by Crippen LogP contribution is 2.24. The molecular formula is C11H21NOS. The predicted octanol–water partition coefficient (Wildman–Crippen LogP) is 2.04. The van der Waals surface area contributed by atoms with Gasteiger partial charge in [-0.25, -0.2) is 0 Å². The normalized spacial score (nSPS) is 38.8. The van der Waals surface area contributed by atoms with Crippen LogP contribution < -0.4 is 5.32 Å². The van der Waals surface area contributed by atoms with E-state index in [9.17, 15) is 0 Å². The zero-order chi connectivity index (χ0) is 9.80. The van der Waals surface area contributed by atoms with Gasteiger partial charge in [-0.05, 0) is 25.0 Å². The van der Waals surface area contributed by atoms with Gasteiger partial charge in [0.25, 0.3) is 0 Å². The zero-order valence-corrected chi connectivity index (χ0v) is 9.81. The van der Waals surface area contributed by atoms with Crippen LogP contribution in [-0.4, -0.2) is 36.8 Å². The molecule has 0 amide bonds. The largest absolute Gasteiger partial charge is 0.380 e. The van der Waals surface area contributed by atoms with Gasteiger partial charge in [0.1, 0.15) is 0 Å². The van der Waals surface area contributed by atoms with Crippen LogP contribution in [0.25, 0.3) is 0 Å². The van der Waals surface area contributed by atoms with Gasteiger partial charge in [-0.1, -0.05) is 12.8 Å². The molecule has 0 aromatic rings. The van der Waals surface area contributed by atoms with Gasteiger partial charge in [-0.3, -0.25) is 0 Å². The Morgan fingerprint density at radius 2 is 2.07 bits per heavy atom. The van der Waals surface area contributed by atoms with Crippen molar-refractivity contribution in [3.05, 3.63) is 0 Å². The van der Waals surface area contributed by atoms with Crippen LogP contribution in [-0.2, 0) is 4.74 Å². The second-order valence-electron chi connectivity index (χ2n) is 4.39. The van der Waals surface area contributed by atoms with Gasteiger partial charge >= 0.3 is 0 Å². The Balaban J connectivity index is 1.81. The maximum Gasteiger partial charge on any atom is 0.0724 e. The fourth-order valence-electron chi connectivity index (χ4n) is 2.54. The second kappa shape index (κ2) is 5.38. The average molecular weight is 215 g/mol. The van der Waals surface area contributed by atoms with Crippen molar-refractivity contribution in [2.75, 3.05) is 18.6 Å². The van der Waals surface area contributed by atoms with Crippen LogP contribution in [0.4, 0.5) is 0 Å². The number of rotatable bonds is 3. The third kappa shape index (κ3) is 2.65. The van der Waals surface area contributed by atoms with Gasteiger partial charge in [-0.2, -0.15) is 11.8 Å². The van der Waals surface area contributed by atoms with Crippen molar-refractivity contribution >= 4 is 11.8 Å². The summed E-state index contributed by atoms with van der Waals surface area (Å²) in [6.07, 6.45) is 7.08. The van der Waals surface area contributed by atoms with E-state index < -0.39 is 0 Å². The monoisotopic (exact) mass is 215 g/mol. The maximum atomic E-state index is 5.54. The van der Waals surface area contributed by atoms with E-state index in [1.807, 2.05) is 7.11 Å². The molecule has 0 aromatic heterocycles. The van der Waals surface area contributed by atoms with Gasteiger partial charge in [0.05, 0.1) is 6.10 Å². The highest BCUT2D eigenvalue weighted by Gasteiger charge is 2.27. The Morgan fingerprint density at radius 1 is 1.21 bits per heavy atom. The first kappa shape index (κ1) is 10.8. The number of nitrogens with one attached hydrogen (secondary N) is 1. The molecule has 82 valence electrons. The molecule has 2 rings (SSSR count). The molecule has 1 N–H and O–H groups in total. The molecule has 2 nitrogen and oxygen atoms in total. The van der Waals surface area contributed by atoms with E-state index in [1.54, 1.807) is 0 Å². The fourth-order valence-corrected chi connectivity index (χ4v) is 3.70. The number of thioether (sulfide) groups is 1. The molecular weight excluding hydrogens is 194 g/mol. The van der Waals surface area contributed by atoms with Gasteiger partial charge < -0.3 is 10.1 Å². The van der Waals surface area contributed by atoms with Crippen LogP contribution in [0.1, 0.15) is 32.1 Å². The summed E-state index contributed by atoms with van der Waals surface area (Å²) < 4.78 is 5.54. The van der Waals surface area contributed by atoms with Crippen LogP contribution in [0.15, 0.2) is 0 Å². The lowest BCUT2D eigenvalue weighted by atomic mass is 9.92. The summed E-state index contributed by atoms with van der Waals surface area (Å²) in [6.45, 7) is 0. The lowest BCUT2D eigenvalue weighted by Gasteiger charge is -2.33. The van der Waals surface area contributed by atoms with Gasteiger partial charge in [0.2, 0.25) is 0 Å². The molecule has 3 atom stereocenters. The fraction of sp³-hybridized carbons (Fsp3) is 1.00. The standard InChI is InChI=1S/C11H21NOS/c1-13-11-5-3-2-4-10(11)12-9-6-7-14-8-9/h9-12H,2-8H2,1H3/t9-,10-,11-/m1/s1. The molecule has 1 saturated carbocycles. The quantitative estimate of drug-likeness (QED) is 0.778. The Labute approximate surface area is 91.2 Å². The molecule has 1 aliphatic carbocycles. The summed E-state index contributed by atoms with van der Waals surface area (Å²) in [4.78, 5) is 0. The zero-order valence-electron chi connectivity index (χ0n) is 9.00. The van der Waals surface area contributed by atoms with Crippen molar-refractivity contribution in [1.29, 1.82) is 0 Å². The van der Waals surface area contributed by atoms with E-state index in [2.05, 4.69) is 17.1 Å². The SMILES string of the molecule is CO[C@@H]1CCCC[C@H]1N[C@@H]1CCSC1. The lowest BCUT2D eigenvalue weighted by molar-refractivity contribution is 0.0387. The molecule has 2 aliphatic rings. The van der Waals surface area contributed by atoms with Crippen LogP contribution in [0.5, 0.6) is 0 Å². The Morgan fingerprint density at radius 3 is 2.79 bits per heavy atom. The van der Waals surface area contributed by atoms with Crippen molar-refractivity contribution in [3.63, 3.8) is 0 Å². The van der Waals surface area contributed by atoms with Gasteiger partial charge in [0.15, 0.2) is 0 Å². The van der Waals surface area contributed by atoms with Crippen LogP contribution in [0, 0.1) is 0 Å². The van der Waals surface area contributed by atoms with E-state index in [1.165, 1.54) is 43.6 Å². The first-order chi connectivity index (χ1) is 6.90. The van der Waals surface area contributed by atoms with Gasteiger partial charge in [-0.15, -0.1) is 0 Å².